The van der Waals surface area contributed by atoms with Crippen LogP contribution in [0.15, 0.2) is 291 Å². The van der Waals surface area contributed by atoms with Crippen LogP contribution in [0, 0.1) is 0 Å². The minimum Gasteiger partial charge on any atom is -0.333 e. The monoisotopic (exact) mass is 1150 g/mol. The Morgan fingerprint density at radius 2 is 0.744 bits per heavy atom. The highest BCUT2D eigenvalue weighted by Crippen LogP contribution is 2.53. The fourth-order valence-electron chi connectivity index (χ4n) is 15.7. The summed E-state index contributed by atoms with van der Waals surface area (Å²) in [6.45, 7) is 9.41. The Labute approximate surface area is 525 Å². The zero-order valence-corrected chi connectivity index (χ0v) is 50.7. The third-order valence-electron chi connectivity index (χ3n) is 20.4. The van der Waals surface area contributed by atoms with Gasteiger partial charge in [0.1, 0.15) is 0 Å². The van der Waals surface area contributed by atoms with Crippen molar-refractivity contribution >= 4 is 44.2 Å². The molecule has 0 fully saturated rings. The molecule has 0 bridgehead atoms. The van der Waals surface area contributed by atoms with Crippen LogP contribution in [0.5, 0.6) is 0 Å². The van der Waals surface area contributed by atoms with E-state index in [1.807, 2.05) is 12.1 Å². The van der Waals surface area contributed by atoms with Crippen molar-refractivity contribution in [3.8, 4) is 95.0 Å². The molecule has 0 amide bonds. The molecule has 2 atom stereocenters. The first-order valence-electron chi connectivity index (χ1n) is 31.6. The van der Waals surface area contributed by atoms with Crippen molar-refractivity contribution in [1.29, 1.82) is 0 Å². The highest BCUT2D eigenvalue weighted by Gasteiger charge is 2.39. The molecule has 0 spiro atoms. The fourth-order valence-corrected chi connectivity index (χ4v) is 15.7. The predicted molar refractivity (Wildman–Crippen MR) is 375 cm³/mol. The van der Waals surface area contributed by atoms with Gasteiger partial charge in [0.05, 0.1) is 39.5 Å². The molecule has 4 heteroatoms. The zero-order valence-electron chi connectivity index (χ0n) is 50.7. The van der Waals surface area contributed by atoms with E-state index in [-0.39, 0.29) is 22.8 Å². The van der Waals surface area contributed by atoms with Gasteiger partial charge >= 0.3 is 0 Å². The maximum atomic E-state index is 5.33. The second-order valence-electron chi connectivity index (χ2n) is 26.0. The molecule has 2 aromatic heterocycles. The van der Waals surface area contributed by atoms with Crippen LogP contribution >= 0.6 is 0 Å². The summed E-state index contributed by atoms with van der Waals surface area (Å²) in [5, 5.41) is 2.45. The van der Waals surface area contributed by atoms with Gasteiger partial charge in [-0.05, 0) is 173 Å². The predicted octanol–water partition coefficient (Wildman–Crippen LogP) is 22.1. The molecular weight excluding hydrogens is 1090 g/mol. The minimum atomic E-state index is -0.0446. The summed E-state index contributed by atoms with van der Waals surface area (Å²) < 4.78 is 2.41. The molecule has 3 aliphatic carbocycles. The van der Waals surface area contributed by atoms with Crippen LogP contribution in [0.25, 0.3) is 128 Å². The SMILES string of the molecule is CC1(C)c2ccccc2-c2ccc(-c3ccc(N4c5ccc(-c6ccc(-c7nc8ccccc8nc7-c7ccc(-c8ccc9c(c8)c8ccccc8n9-c8ccc(-c9ccc%10c(c9)C(C)(C)c9ccccc9-%10)cc8)cc7)cc6)cc5C5C=CC=CC54)cc3)cc21. The van der Waals surface area contributed by atoms with E-state index >= 15 is 0 Å². The molecule has 4 nitrogen and oxygen atoms in total. The van der Waals surface area contributed by atoms with E-state index in [1.54, 1.807) is 0 Å². The maximum absolute atomic E-state index is 5.33. The average molecular weight is 1150 g/mol. The van der Waals surface area contributed by atoms with E-state index < -0.39 is 0 Å². The number of anilines is 2. The zero-order chi connectivity index (χ0) is 60.0. The summed E-state index contributed by atoms with van der Waals surface area (Å²) in [4.78, 5) is 13.2. The lowest BCUT2D eigenvalue weighted by molar-refractivity contribution is 0.660. The van der Waals surface area contributed by atoms with Gasteiger partial charge < -0.3 is 9.47 Å². The van der Waals surface area contributed by atoms with Crippen LogP contribution in [0.2, 0.25) is 0 Å². The summed E-state index contributed by atoms with van der Waals surface area (Å²) in [5.74, 6) is 0.237. The largest absolute Gasteiger partial charge is 0.333 e. The van der Waals surface area contributed by atoms with Crippen molar-refractivity contribution < 1.29 is 0 Å². The topological polar surface area (TPSA) is 34.0 Å². The van der Waals surface area contributed by atoms with E-state index in [4.69, 9.17) is 9.97 Å². The lowest BCUT2D eigenvalue weighted by atomic mass is 9.81. The van der Waals surface area contributed by atoms with E-state index in [2.05, 4.69) is 316 Å². The van der Waals surface area contributed by atoms with E-state index in [0.717, 1.165) is 55.9 Å². The smallest absolute Gasteiger partial charge is 0.0973 e. The molecule has 0 saturated carbocycles. The van der Waals surface area contributed by atoms with Crippen LogP contribution in [0.3, 0.4) is 0 Å². The van der Waals surface area contributed by atoms with Crippen molar-refractivity contribution in [2.75, 3.05) is 4.90 Å². The normalized spacial score (nSPS) is 16.1. The molecule has 1 aliphatic heterocycles. The van der Waals surface area contributed by atoms with Crippen LogP contribution in [-0.4, -0.2) is 20.6 Å². The summed E-state index contributed by atoms with van der Waals surface area (Å²) in [6.07, 6.45) is 9.14. The Balaban J connectivity index is 0.623. The third-order valence-corrected chi connectivity index (χ3v) is 20.4. The van der Waals surface area contributed by atoms with Crippen LogP contribution < -0.4 is 4.90 Å². The Kier molecular flexibility index (Phi) is 11.5. The Hall–Kier alpha value is -10.9. The number of allylic oxidation sites excluding steroid dienone is 2. The van der Waals surface area contributed by atoms with Gasteiger partial charge in [-0.3, -0.25) is 0 Å². The molecule has 14 aromatic rings. The van der Waals surface area contributed by atoms with Crippen LogP contribution in [-0.2, 0) is 10.8 Å². The molecule has 2 unspecified atom stereocenters. The second-order valence-corrected chi connectivity index (χ2v) is 26.0. The molecule has 3 heterocycles. The van der Waals surface area contributed by atoms with Crippen molar-refractivity contribution in [2.45, 2.75) is 50.5 Å². The summed E-state index contributed by atoms with van der Waals surface area (Å²) in [6, 6.07) is 99.0. The number of aromatic nitrogens is 3. The van der Waals surface area contributed by atoms with Crippen molar-refractivity contribution in [3.63, 3.8) is 0 Å². The minimum absolute atomic E-state index is 0.0394. The van der Waals surface area contributed by atoms with Gasteiger partial charge in [-0.25, -0.2) is 9.97 Å². The first-order valence-corrected chi connectivity index (χ1v) is 31.6. The summed E-state index contributed by atoms with van der Waals surface area (Å²) >= 11 is 0. The van der Waals surface area contributed by atoms with Gasteiger partial charge in [0, 0.05) is 55.7 Å². The first kappa shape index (κ1) is 52.2. The molecular formula is C86H62N4. The van der Waals surface area contributed by atoms with E-state index in [9.17, 15) is 0 Å². The van der Waals surface area contributed by atoms with Gasteiger partial charge in [-0.1, -0.05) is 240 Å². The van der Waals surface area contributed by atoms with Crippen molar-refractivity contribution in [3.05, 3.63) is 319 Å². The van der Waals surface area contributed by atoms with Gasteiger partial charge in [-0.15, -0.1) is 0 Å². The lowest BCUT2D eigenvalue weighted by Gasteiger charge is -2.29. The van der Waals surface area contributed by atoms with Crippen molar-refractivity contribution in [1.82, 2.24) is 14.5 Å². The molecule has 18 rings (SSSR count). The van der Waals surface area contributed by atoms with Gasteiger partial charge in [-0.2, -0.15) is 0 Å². The standard InChI is InChI=1S/C86H62N4/c1-85(2)73-19-9-5-15-65(73)67-45-37-61(51-75(67)85)55-33-41-63(42-34-55)89-79-23-13-7-17-69(79)71-49-59(39-47-81(71)89)53-25-29-57(30-26-53)83-84(88-78-22-12-11-21-77(78)87-83)58-31-27-54(28-32-58)60-40-48-82-72(50-60)70-18-8-14-24-80(70)90(82)64-43-35-56(36-44-64)62-38-46-68-66-16-6-10-20-74(66)86(3,4)76(68)52-62/h5-52,69,79H,1-4H3. The van der Waals surface area contributed by atoms with Gasteiger partial charge in [0.15, 0.2) is 0 Å². The molecule has 426 valence electrons. The van der Waals surface area contributed by atoms with Gasteiger partial charge in [0.25, 0.3) is 0 Å². The van der Waals surface area contributed by atoms with Crippen LogP contribution in [0.1, 0.15) is 61.4 Å². The Bertz CT molecular complexity index is 5350. The Morgan fingerprint density at radius 1 is 0.322 bits per heavy atom. The number of para-hydroxylation sites is 3. The summed E-state index contributed by atoms with van der Waals surface area (Å²) in [5.41, 5.74) is 33.3. The number of nitrogens with zero attached hydrogens (tertiary/aromatic N) is 4. The maximum Gasteiger partial charge on any atom is 0.0973 e. The molecule has 4 aliphatic rings. The molecule has 0 saturated heterocycles. The molecule has 12 aromatic carbocycles. The number of benzene rings is 12. The van der Waals surface area contributed by atoms with Crippen LogP contribution in [0.4, 0.5) is 11.4 Å². The highest BCUT2D eigenvalue weighted by molar-refractivity contribution is 6.10. The quantitative estimate of drug-likeness (QED) is 0.152. The number of rotatable bonds is 8. The highest BCUT2D eigenvalue weighted by atomic mass is 15.2. The second kappa shape index (κ2) is 19.8. The van der Waals surface area contributed by atoms with Crippen molar-refractivity contribution in [2.24, 2.45) is 0 Å². The molecule has 90 heavy (non-hydrogen) atoms. The van der Waals surface area contributed by atoms with Gasteiger partial charge in [0.2, 0.25) is 0 Å². The Morgan fingerprint density at radius 3 is 1.33 bits per heavy atom. The third kappa shape index (κ3) is 8.00. The average Bonchev–Trinajstić information content (AvgIpc) is 1.63. The first-order chi connectivity index (χ1) is 44.1. The lowest BCUT2D eigenvalue weighted by Crippen LogP contribution is -2.28. The summed E-state index contributed by atoms with van der Waals surface area (Å²) in [7, 11) is 0. The van der Waals surface area contributed by atoms with E-state index in [1.165, 1.54) is 111 Å². The fraction of sp³-hybridized carbons (Fsp3) is 0.0930. The number of hydrogen-bond donors (Lipinski definition) is 0. The molecule has 0 radical (unpaired) electrons. The number of fused-ring (bicyclic) bond motifs is 13. The van der Waals surface area contributed by atoms with E-state index in [0.29, 0.717) is 0 Å². The molecule has 0 N–H and O–H groups in total. The number of hydrogen-bond acceptors (Lipinski definition) is 3.